The average molecular weight is 463 g/mol. The summed E-state index contributed by atoms with van der Waals surface area (Å²) >= 11 is 6.01. The second-order valence-corrected chi connectivity index (χ2v) is 8.07. The number of nitrogens with zero attached hydrogens (tertiary/aromatic N) is 3. The van der Waals surface area contributed by atoms with E-state index in [0.29, 0.717) is 13.1 Å². The van der Waals surface area contributed by atoms with Crippen molar-refractivity contribution < 1.29 is 9.47 Å². The van der Waals surface area contributed by atoms with E-state index in [1.807, 2.05) is 54.6 Å². The highest BCUT2D eigenvalue weighted by Gasteiger charge is 2.13. The molecule has 4 aromatic rings. The van der Waals surface area contributed by atoms with Gasteiger partial charge in [0.1, 0.15) is 11.4 Å². The number of hydrogen-bond donors (Lipinski definition) is 1. The van der Waals surface area contributed by atoms with Crippen LogP contribution in [0.2, 0.25) is 5.02 Å². The van der Waals surface area contributed by atoms with Crippen molar-refractivity contribution in [2.24, 2.45) is 0 Å². The fourth-order valence-corrected chi connectivity index (χ4v) is 3.75. The molecule has 0 aliphatic heterocycles. The zero-order valence-corrected chi connectivity index (χ0v) is 19.5. The molecule has 0 saturated heterocycles. The molecule has 0 radical (unpaired) electrons. The minimum Gasteiger partial charge on any atom is -0.493 e. The van der Waals surface area contributed by atoms with E-state index in [4.69, 9.17) is 31.3 Å². The van der Waals surface area contributed by atoms with Crippen molar-refractivity contribution in [3.63, 3.8) is 0 Å². The molecule has 1 aromatic heterocycles. The van der Waals surface area contributed by atoms with Crippen LogP contribution in [-0.2, 0) is 19.5 Å². The third-order valence-electron chi connectivity index (χ3n) is 5.34. The van der Waals surface area contributed by atoms with Gasteiger partial charge in [0.2, 0.25) is 0 Å². The third-order valence-corrected chi connectivity index (χ3v) is 5.59. The fraction of sp³-hybridized carbons (Fsp3) is 0.231. The Kier molecular flexibility index (Phi) is 7.60. The molecule has 6 nitrogen and oxygen atoms in total. The lowest BCUT2D eigenvalue weighted by Crippen LogP contribution is -2.17. The van der Waals surface area contributed by atoms with Crippen molar-refractivity contribution >= 4 is 11.6 Å². The van der Waals surface area contributed by atoms with Gasteiger partial charge in [-0.3, -0.25) is 0 Å². The molecule has 170 valence electrons. The van der Waals surface area contributed by atoms with Crippen molar-refractivity contribution in [3.05, 3.63) is 94.6 Å². The molecule has 0 bridgehead atoms. The van der Waals surface area contributed by atoms with Crippen LogP contribution in [0.4, 0.5) is 0 Å². The van der Waals surface area contributed by atoms with Gasteiger partial charge in [0.15, 0.2) is 11.5 Å². The maximum Gasteiger partial charge on any atom is 0.160 e. The molecule has 0 saturated carbocycles. The fourth-order valence-electron chi connectivity index (χ4n) is 3.62. The maximum atomic E-state index is 6.01. The first-order valence-electron chi connectivity index (χ1n) is 10.8. The number of hydrogen-bond acceptors (Lipinski definition) is 5. The zero-order chi connectivity index (χ0) is 23.0. The Morgan fingerprint density at radius 1 is 0.848 bits per heavy atom. The highest BCUT2D eigenvalue weighted by Crippen LogP contribution is 2.27. The van der Waals surface area contributed by atoms with Gasteiger partial charge >= 0.3 is 0 Å². The van der Waals surface area contributed by atoms with Crippen LogP contribution in [0.5, 0.6) is 11.5 Å². The molecule has 1 heterocycles. The van der Waals surface area contributed by atoms with Gasteiger partial charge in [-0.15, -0.1) is 0 Å². The largest absolute Gasteiger partial charge is 0.493 e. The highest BCUT2D eigenvalue weighted by atomic mass is 35.5. The van der Waals surface area contributed by atoms with Gasteiger partial charge < -0.3 is 14.8 Å². The number of aromatic nitrogens is 3. The van der Waals surface area contributed by atoms with Crippen molar-refractivity contribution in [1.29, 1.82) is 0 Å². The summed E-state index contributed by atoms with van der Waals surface area (Å²) in [5.41, 5.74) is 5.14. The minimum absolute atomic E-state index is 0.586. The Morgan fingerprint density at radius 3 is 2.30 bits per heavy atom. The monoisotopic (exact) mass is 462 g/mol. The Balaban J connectivity index is 1.44. The van der Waals surface area contributed by atoms with Crippen LogP contribution in [0.15, 0.2) is 72.8 Å². The van der Waals surface area contributed by atoms with E-state index in [-0.39, 0.29) is 0 Å². The Labute approximate surface area is 199 Å². The van der Waals surface area contributed by atoms with Crippen LogP contribution in [0, 0.1) is 0 Å². The molecule has 0 aliphatic carbocycles. The van der Waals surface area contributed by atoms with Crippen LogP contribution in [-0.4, -0.2) is 35.8 Å². The average Bonchev–Trinajstić information content (AvgIpc) is 3.26. The number of halogens is 1. The van der Waals surface area contributed by atoms with Gasteiger partial charge in [-0.1, -0.05) is 60.1 Å². The first-order chi connectivity index (χ1) is 16.2. The first kappa shape index (κ1) is 22.8. The number of rotatable bonds is 10. The van der Waals surface area contributed by atoms with Gasteiger partial charge in [0.25, 0.3) is 0 Å². The number of nitrogens with one attached hydrogen (secondary N) is 1. The topological polar surface area (TPSA) is 61.2 Å². The van der Waals surface area contributed by atoms with Crippen molar-refractivity contribution in [2.45, 2.75) is 19.5 Å². The summed E-state index contributed by atoms with van der Waals surface area (Å²) < 4.78 is 10.7. The molecule has 7 heteroatoms. The molecule has 0 atom stereocenters. The van der Waals surface area contributed by atoms with E-state index in [1.165, 1.54) is 5.56 Å². The van der Waals surface area contributed by atoms with Crippen molar-refractivity contribution in [3.8, 4) is 22.8 Å². The van der Waals surface area contributed by atoms with Gasteiger partial charge in [0.05, 0.1) is 20.8 Å². The molecular weight excluding hydrogens is 436 g/mol. The van der Waals surface area contributed by atoms with Gasteiger partial charge in [-0.2, -0.15) is 15.0 Å². The normalized spacial score (nSPS) is 10.9. The van der Waals surface area contributed by atoms with E-state index < -0.39 is 0 Å². The second-order valence-electron chi connectivity index (χ2n) is 7.63. The van der Waals surface area contributed by atoms with Gasteiger partial charge in [-0.25, -0.2) is 0 Å². The summed E-state index contributed by atoms with van der Waals surface area (Å²) in [6, 6.07) is 23.9. The molecule has 1 N–H and O–H groups in total. The summed E-state index contributed by atoms with van der Waals surface area (Å²) in [7, 11) is 3.29. The Bertz CT molecular complexity index is 1180. The standard InChI is InChI=1S/C26H27ClN4O2/c1-32-24-13-10-19(16-25(24)33-2)14-15-28-17-23-26(21-6-4-3-5-7-21)30-31(29-23)18-20-8-11-22(27)12-9-20/h3-13,16,28H,14-15,17-18H2,1-2H3. The van der Waals surface area contributed by atoms with E-state index in [2.05, 4.69) is 23.5 Å². The summed E-state index contributed by atoms with van der Waals surface area (Å²) in [5, 5.41) is 13.8. The Hall–Kier alpha value is -3.35. The van der Waals surface area contributed by atoms with Crippen LogP contribution >= 0.6 is 11.6 Å². The number of benzene rings is 3. The lowest BCUT2D eigenvalue weighted by Gasteiger charge is -2.10. The molecule has 33 heavy (non-hydrogen) atoms. The second kappa shape index (κ2) is 11.0. The molecule has 3 aromatic carbocycles. The molecule has 4 rings (SSSR count). The van der Waals surface area contributed by atoms with Crippen LogP contribution in [0.1, 0.15) is 16.8 Å². The molecule has 0 aliphatic rings. The first-order valence-corrected chi connectivity index (χ1v) is 11.2. The predicted molar refractivity (Wildman–Crippen MR) is 131 cm³/mol. The molecular formula is C26H27ClN4O2. The van der Waals surface area contributed by atoms with Crippen molar-refractivity contribution in [1.82, 2.24) is 20.3 Å². The minimum atomic E-state index is 0.586. The van der Waals surface area contributed by atoms with Crippen LogP contribution < -0.4 is 14.8 Å². The summed E-state index contributed by atoms with van der Waals surface area (Å²) in [6.45, 7) is 2.01. The van der Waals surface area contributed by atoms with Gasteiger partial charge in [-0.05, 0) is 48.4 Å². The van der Waals surface area contributed by atoms with E-state index in [1.54, 1.807) is 19.0 Å². The molecule has 0 amide bonds. The van der Waals surface area contributed by atoms with Gasteiger partial charge in [0, 0.05) is 17.1 Å². The lowest BCUT2D eigenvalue weighted by atomic mass is 10.1. The van der Waals surface area contributed by atoms with E-state index in [0.717, 1.165) is 52.0 Å². The third kappa shape index (κ3) is 5.92. The summed E-state index contributed by atoms with van der Waals surface area (Å²) in [4.78, 5) is 1.75. The van der Waals surface area contributed by atoms with Crippen molar-refractivity contribution in [2.75, 3.05) is 20.8 Å². The smallest absolute Gasteiger partial charge is 0.160 e. The number of methoxy groups -OCH3 is 2. The van der Waals surface area contributed by atoms with E-state index >= 15 is 0 Å². The van der Waals surface area contributed by atoms with Crippen LogP contribution in [0.25, 0.3) is 11.3 Å². The lowest BCUT2D eigenvalue weighted by molar-refractivity contribution is 0.354. The van der Waals surface area contributed by atoms with E-state index in [9.17, 15) is 0 Å². The maximum absolute atomic E-state index is 6.01. The SMILES string of the molecule is COc1ccc(CCNCc2nn(Cc3ccc(Cl)cc3)nc2-c2ccccc2)cc1OC. The molecule has 0 spiro atoms. The number of ether oxygens (including phenoxy) is 2. The van der Waals surface area contributed by atoms with Crippen LogP contribution in [0.3, 0.4) is 0 Å². The predicted octanol–water partition coefficient (Wildman–Crippen LogP) is 5.00. The molecule has 0 unspecified atom stereocenters. The highest BCUT2D eigenvalue weighted by molar-refractivity contribution is 6.30. The summed E-state index contributed by atoms with van der Waals surface area (Å²) in [5.74, 6) is 1.48. The Morgan fingerprint density at radius 2 is 1.58 bits per heavy atom. The molecule has 0 fully saturated rings. The quantitative estimate of drug-likeness (QED) is 0.336. The zero-order valence-electron chi connectivity index (χ0n) is 18.8. The summed E-state index contributed by atoms with van der Waals surface area (Å²) in [6.07, 6.45) is 0.861.